The molecule has 0 fully saturated rings. The van der Waals surface area contributed by atoms with Gasteiger partial charge in [0.2, 0.25) is 0 Å². The quantitative estimate of drug-likeness (QED) is 0.375. The van der Waals surface area contributed by atoms with E-state index >= 15 is 0 Å². The molecule has 0 unspecified atom stereocenters. The number of aromatic hydroxyl groups is 1. The Kier molecular flexibility index (Phi) is 5.80. The van der Waals surface area contributed by atoms with E-state index < -0.39 is 0 Å². The molecular weight excluding hydrogens is 390 g/mol. The minimum Gasteiger partial charge on any atom is -0.508 e. The summed E-state index contributed by atoms with van der Waals surface area (Å²) in [5, 5.41) is 18.0. The lowest BCUT2D eigenvalue weighted by Gasteiger charge is -2.13. The average Bonchev–Trinajstić information content (AvgIpc) is 3.28. The Morgan fingerprint density at radius 1 is 1.06 bits per heavy atom. The van der Waals surface area contributed by atoms with Crippen molar-refractivity contribution >= 4 is 16.9 Å². The predicted molar refractivity (Wildman–Crippen MR) is 122 cm³/mol. The molecule has 0 saturated carbocycles. The molecular formula is C25H27N3O3. The highest BCUT2D eigenvalue weighted by Crippen LogP contribution is 2.43. The third-order valence-corrected chi connectivity index (χ3v) is 5.56. The number of nitrogens with one attached hydrogen (secondary N) is 1. The number of rotatable bonds is 6. The van der Waals surface area contributed by atoms with Crippen LogP contribution in [-0.4, -0.2) is 27.4 Å². The molecule has 2 heterocycles. The summed E-state index contributed by atoms with van der Waals surface area (Å²) in [6, 6.07) is 14.7. The van der Waals surface area contributed by atoms with E-state index in [2.05, 4.69) is 17.4 Å². The Labute approximate surface area is 181 Å². The van der Waals surface area contributed by atoms with Crippen LogP contribution in [0.2, 0.25) is 0 Å². The van der Waals surface area contributed by atoms with Crippen LogP contribution < -0.4 is 5.32 Å². The number of nitrogens with zero attached hydrogens (tertiary/aromatic N) is 2. The number of phenolic OH excluding ortho intramolecular Hbond substituents is 1. The zero-order valence-corrected chi connectivity index (χ0v) is 18.1. The molecule has 0 atom stereocenters. The van der Waals surface area contributed by atoms with Gasteiger partial charge in [-0.05, 0) is 44.0 Å². The number of carbonyl (C=O) groups excluding carboxylic acids is 1. The van der Waals surface area contributed by atoms with Crippen molar-refractivity contribution in [3.05, 3.63) is 60.0 Å². The minimum atomic E-state index is -0.174. The topological polar surface area (TPSA) is 80.3 Å². The van der Waals surface area contributed by atoms with E-state index in [4.69, 9.17) is 4.52 Å². The molecule has 2 aromatic carbocycles. The second-order valence-corrected chi connectivity index (χ2v) is 7.76. The lowest BCUT2D eigenvalue weighted by atomic mass is 9.97. The zero-order valence-electron chi connectivity index (χ0n) is 18.1. The Hall–Kier alpha value is -3.54. The van der Waals surface area contributed by atoms with Crippen LogP contribution >= 0.6 is 0 Å². The molecule has 6 heteroatoms. The highest BCUT2D eigenvalue weighted by atomic mass is 16.5. The first-order chi connectivity index (χ1) is 15.0. The summed E-state index contributed by atoms with van der Waals surface area (Å²) in [4.78, 5) is 13.4. The number of unbranched alkanes of at least 4 members (excludes halogenated alkanes) is 2. The first-order valence-corrected chi connectivity index (χ1v) is 10.7. The highest BCUT2D eigenvalue weighted by molar-refractivity contribution is 6.10. The van der Waals surface area contributed by atoms with Gasteiger partial charge in [-0.3, -0.25) is 4.57 Å². The largest absolute Gasteiger partial charge is 0.508 e. The van der Waals surface area contributed by atoms with Crippen LogP contribution in [0.3, 0.4) is 0 Å². The summed E-state index contributed by atoms with van der Waals surface area (Å²) in [6.45, 7) is 6.50. The molecule has 4 aromatic rings. The molecule has 0 saturated heterocycles. The fraction of sp³-hybridized carbons (Fsp3) is 0.280. The minimum absolute atomic E-state index is 0.174. The highest BCUT2D eigenvalue weighted by Gasteiger charge is 2.27. The second kappa shape index (κ2) is 8.68. The van der Waals surface area contributed by atoms with E-state index in [9.17, 15) is 9.90 Å². The Balaban J connectivity index is 1.99. The monoisotopic (exact) mass is 417 g/mol. The molecule has 0 aliphatic rings. The van der Waals surface area contributed by atoms with Gasteiger partial charge >= 0.3 is 6.03 Å². The van der Waals surface area contributed by atoms with Crippen LogP contribution in [0, 0.1) is 13.8 Å². The lowest BCUT2D eigenvalue weighted by molar-refractivity contribution is 0.243. The van der Waals surface area contributed by atoms with Crippen molar-refractivity contribution in [2.75, 3.05) is 6.54 Å². The van der Waals surface area contributed by atoms with E-state index in [1.807, 2.05) is 50.2 Å². The van der Waals surface area contributed by atoms with E-state index in [0.29, 0.717) is 12.3 Å². The first kappa shape index (κ1) is 20.7. The van der Waals surface area contributed by atoms with Crippen molar-refractivity contribution in [3.8, 4) is 28.1 Å². The Bertz CT molecular complexity index is 1200. The molecule has 4 rings (SSSR count). The molecule has 6 nitrogen and oxygen atoms in total. The summed E-state index contributed by atoms with van der Waals surface area (Å²) in [5.74, 6) is 0.848. The summed E-state index contributed by atoms with van der Waals surface area (Å²) in [5.41, 5.74) is 4.91. The van der Waals surface area contributed by atoms with Gasteiger partial charge in [0.05, 0.1) is 22.5 Å². The molecule has 0 radical (unpaired) electrons. The molecule has 0 bridgehead atoms. The third kappa shape index (κ3) is 3.81. The number of hydrogen-bond acceptors (Lipinski definition) is 4. The van der Waals surface area contributed by atoms with Crippen LogP contribution in [-0.2, 0) is 0 Å². The van der Waals surface area contributed by atoms with Gasteiger partial charge in [0.1, 0.15) is 11.5 Å². The maximum absolute atomic E-state index is 13.4. The number of amides is 1. The fourth-order valence-electron chi connectivity index (χ4n) is 4.08. The van der Waals surface area contributed by atoms with Gasteiger partial charge in [0, 0.05) is 17.5 Å². The number of hydrogen-bond donors (Lipinski definition) is 2. The van der Waals surface area contributed by atoms with E-state index in [0.717, 1.165) is 58.2 Å². The number of aryl methyl sites for hydroxylation is 2. The maximum atomic E-state index is 13.4. The number of aromatic nitrogens is 2. The summed E-state index contributed by atoms with van der Waals surface area (Å²) >= 11 is 0. The normalized spacial score (nSPS) is 11.2. The molecule has 2 N–H and O–H groups in total. The SMILES string of the molecule is CCCCCNC(=O)n1c(-c2c(C)noc2C)c(-c2ccc(O)cc2)c2ccccc21. The average molecular weight is 418 g/mol. The van der Waals surface area contributed by atoms with Crippen molar-refractivity contribution in [1.29, 1.82) is 0 Å². The van der Waals surface area contributed by atoms with Gasteiger partial charge in [-0.25, -0.2) is 4.79 Å². The second-order valence-electron chi connectivity index (χ2n) is 7.76. The first-order valence-electron chi connectivity index (χ1n) is 10.7. The van der Waals surface area contributed by atoms with Gasteiger partial charge in [-0.15, -0.1) is 0 Å². The standard InChI is InChI=1S/C25H27N3O3/c1-4-5-8-15-26-25(30)28-21-10-7-6-9-20(21)23(18-11-13-19(29)14-12-18)24(28)22-16(2)27-31-17(22)3/h6-7,9-14,29H,4-5,8,15H2,1-3H3,(H,26,30). The van der Waals surface area contributed by atoms with Crippen LogP contribution in [0.5, 0.6) is 5.75 Å². The lowest BCUT2D eigenvalue weighted by Crippen LogP contribution is -2.29. The van der Waals surface area contributed by atoms with Crippen LogP contribution in [0.1, 0.15) is 37.6 Å². The number of phenols is 1. The molecule has 31 heavy (non-hydrogen) atoms. The molecule has 0 aliphatic carbocycles. The van der Waals surface area contributed by atoms with Gasteiger partial charge in [0.15, 0.2) is 0 Å². The zero-order chi connectivity index (χ0) is 22.0. The summed E-state index contributed by atoms with van der Waals surface area (Å²) < 4.78 is 7.20. The number of carbonyl (C=O) groups is 1. The third-order valence-electron chi connectivity index (χ3n) is 5.56. The van der Waals surface area contributed by atoms with Crippen LogP contribution in [0.25, 0.3) is 33.3 Å². The van der Waals surface area contributed by atoms with Gasteiger partial charge in [-0.1, -0.05) is 55.3 Å². The maximum Gasteiger partial charge on any atom is 0.326 e. The molecule has 1 amide bonds. The van der Waals surface area contributed by atoms with Crippen LogP contribution in [0.4, 0.5) is 4.79 Å². The Morgan fingerprint density at radius 2 is 1.81 bits per heavy atom. The van der Waals surface area contributed by atoms with Gasteiger partial charge in [-0.2, -0.15) is 0 Å². The summed E-state index contributed by atoms with van der Waals surface area (Å²) in [7, 11) is 0. The molecule has 0 aliphatic heterocycles. The molecule has 160 valence electrons. The van der Waals surface area contributed by atoms with Crippen molar-refractivity contribution in [2.45, 2.75) is 40.0 Å². The number of para-hydroxylation sites is 1. The van der Waals surface area contributed by atoms with E-state index in [1.54, 1.807) is 16.7 Å². The van der Waals surface area contributed by atoms with Crippen molar-refractivity contribution in [2.24, 2.45) is 0 Å². The van der Waals surface area contributed by atoms with E-state index in [1.165, 1.54) is 0 Å². The molecule has 0 spiro atoms. The smallest absolute Gasteiger partial charge is 0.326 e. The van der Waals surface area contributed by atoms with Gasteiger partial charge < -0.3 is 14.9 Å². The number of benzene rings is 2. The van der Waals surface area contributed by atoms with Crippen molar-refractivity contribution < 1.29 is 14.4 Å². The molecule has 2 aromatic heterocycles. The van der Waals surface area contributed by atoms with Crippen molar-refractivity contribution in [1.82, 2.24) is 15.0 Å². The Morgan fingerprint density at radius 3 is 2.48 bits per heavy atom. The predicted octanol–water partition coefficient (Wildman–Crippen LogP) is 6.03. The van der Waals surface area contributed by atoms with Crippen molar-refractivity contribution in [3.63, 3.8) is 0 Å². The van der Waals surface area contributed by atoms with E-state index in [-0.39, 0.29) is 11.8 Å². The summed E-state index contributed by atoms with van der Waals surface area (Å²) in [6.07, 6.45) is 3.10. The van der Waals surface area contributed by atoms with Gasteiger partial charge in [0.25, 0.3) is 0 Å². The fourth-order valence-corrected chi connectivity index (χ4v) is 4.08. The number of fused-ring (bicyclic) bond motifs is 1. The van der Waals surface area contributed by atoms with Crippen LogP contribution in [0.15, 0.2) is 53.1 Å².